The molecule has 0 bridgehead atoms. The van der Waals surface area contributed by atoms with Crippen molar-refractivity contribution in [1.29, 1.82) is 0 Å². The lowest BCUT2D eigenvalue weighted by atomic mass is 9.90. The van der Waals surface area contributed by atoms with Crippen molar-refractivity contribution in [1.82, 2.24) is 5.32 Å². The molecule has 2 aromatic rings. The van der Waals surface area contributed by atoms with E-state index in [2.05, 4.69) is 5.32 Å². The monoisotopic (exact) mass is 396 g/mol. The first-order chi connectivity index (χ1) is 13.1. The van der Waals surface area contributed by atoms with Crippen LogP contribution in [-0.2, 0) is 16.7 Å². The molecule has 0 aliphatic carbocycles. The van der Waals surface area contributed by atoms with Crippen LogP contribution in [0.4, 0.5) is 22.0 Å². The molecule has 1 aliphatic heterocycles. The number of rotatable bonds is 4. The summed E-state index contributed by atoms with van der Waals surface area (Å²) in [4.78, 5) is 12.0. The van der Waals surface area contributed by atoms with Crippen LogP contribution in [0.25, 0.3) is 0 Å². The van der Waals surface area contributed by atoms with E-state index in [0.717, 1.165) is 24.3 Å². The van der Waals surface area contributed by atoms with Crippen LogP contribution >= 0.6 is 0 Å². The van der Waals surface area contributed by atoms with E-state index in [1.54, 1.807) is 0 Å². The van der Waals surface area contributed by atoms with Gasteiger partial charge in [0.25, 0.3) is 5.91 Å². The fourth-order valence-corrected chi connectivity index (χ4v) is 2.81. The second-order valence-electron chi connectivity index (χ2n) is 5.88. The number of carbonyl (C=O) groups is 1. The summed E-state index contributed by atoms with van der Waals surface area (Å²) in [5.41, 5.74) is 1.66. The van der Waals surface area contributed by atoms with Gasteiger partial charge >= 0.3 is 6.18 Å². The van der Waals surface area contributed by atoms with Crippen LogP contribution < -0.4 is 15.8 Å². The van der Waals surface area contributed by atoms with Gasteiger partial charge in [-0.25, -0.2) is 8.78 Å². The summed E-state index contributed by atoms with van der Waals surface area (Å²) in [7, 11) is 0. The molecule has 1 aliphatic rings. The van der Waals surface area contributed by atoms with Crippen LogP contribution in [0.2, 0.25) is 0 Å². The predicted molar refractivity (Wildman–Crippen MR) is 89.7 cm³/mol. The Morgan fingerprint density at radius 3 is 2.50 bits per heavy atom. The van der Waals surface area contributed by atoms with Gasteiger partial charge in [0.15, 0.2) is 0 Å². The van der Waals surface area contributed by atoms with E-state index in [4.69, 9.17) is 10.5 Å². The lowest BCUT2D eigenvalue weighted by Crippen LogP contribution is -2.51. The Labute approximate surface area is 156 Å². The second-order valence-corrected chi connectivity index (χ2v) is 5.88. The van der Waals surface area contributed by atoms with Gasteiger partial charge in [0.1, 0.15) is 17.4 Å². The van der Waals surface area contributed by atoms with Crippen molar-refractivity contribution >= 4 is 5.91 Å². The van der Waals surface area contributed by atoms with E-state index < -0.39 is 35.0 Å². The standard InChI is InChI=1S/C19H13F5N2O2/c20-12-6-7-14(16(21)10-12)18(15(17(25)27)5-2-8-26-18)28-13-4-1-3-11(9-13)19(22,23)24/h1-10,26H,(H2,25,27). The number of halogens is 5. The van der Waals surface area contributed by atoms with Crippen LogP contribution in [0.3, 0.4) is 0 Å². The summed E-state index contributed by atoms with van der Waals surface area (Å²) >= 11 is 0. The SMILES string of the molecule is NC(=O)C1=CC=CNC1(Oc1cccc(C(F)(F)F)c1)c1ccc(F)cc1F. The molecule has 4 nitrogen and oxygen atoms in total. The molecule has 1 amide bonds. The number of ether oxygens (including phenoxy) is 1. The third-order valence-electron chi connectivity index (χ3n) is 4.03. The van der Waals surface area contributed by atoms with E-state index in [0.29, 0.717) is 12.1 Å². The number of hydrogen-bond donors (Lipinski definition) is 2. The van der Waals surface area contributed by atoms with Gasteiger partial charge in [0.05, 0.1) is 16.7 Å². The van der Waals surface area contributed by atoms with Crippen LogP contribution in [0, 0.1) is 11.6 Å². The summed E-state index contributed by atoms with van der Waals surface area (Å²) in [6.45, 7) is 0. The molecule has 3 N–H and O–H groups in total. The number of alkyl halides is 3. The average Bonchev–Trinajstić information content (AvgIpc) is 2.61. The number of hydrogen-bond acceptors (Lipinski definition) is 3. The van der Waals surface area contributed by atoms with Gasteiger partial charge in [-0.3, -0.25) is 4.79 Å². The summed E-state index contributed by atoms with van der Waals surface area (Å²) in [6, 6.07) is 6.33. The minimum atomic E-state index is -4.64. The van der Waals surface area contributed by atoms with Crippen molar-refractivity contribution in [3.63, 3.8) is 0 Å². The van der Waals surface area contributed by atoms with Crippen LogP contribution in [0.5, 0.6) is 5.75 Å². The van der Waals surface area contributed by atoms with Gasteiger partial charge in [0, 0.05) is 12.3 Å². The maximum atomic E-state index is 14.5. The molecule has 0 spiro atoms. The molecule has 3 rings (SSSR count). The van der Waals surface area contributed by atoms with E-state index in [1.165, 1.54) is 24.4 Å². The summed E-state index contributed by atoms with van der Waals surface area (Å²) in [5.74, 6) is -3.28. The minimum absolute atomic E-state index is 0.280. The zero-order chi connectivity index (χ0) is 20.5. The Hall–Kier alpha value is -3.36. The van der Waals surface area contributed by atoms with Gasteiger partial charge in [-0.15, -0.1) is 0 Å². The van der Waals surface area contributed by atoms with E-state index in [9.17, 15) is 26.7 Å². The zero-order valence-corrected chi connectivity index (χ0v) is 14.1. The van der Waals surface area contributed by atoms with Crippen molar-refractivity contribution in [3.05, 3.63) is 89.2 Å². The van der Waals surface area contributed by atoms with Crippen LogP contribution in [0.1, 0.15) is 11.1 Å². The highest BCUT2D eigenvalue weighted by Gasteiger charge is 2.44. The molecule has 9 heteroatoms. The molecule has 0 fully saturated rings. The first kappa shape index (κ1) is 19.4. The number of nitrogens with one attached hydrogen (secondary N) is 1. The number of carbonyl (C=O) groups excluding carboxylic acids is 1. The van der Waals surface area contributed by atoms with Gasteiger partial charge in [-0.2, -0.15) is 13.2 Å². The Kier molecular flexibility index (Phi) is 4.84. The molecule has 1 unspecified atom stereocenters. The van der Waals surface area contributed by atoms with E-state index >= 15 is 0 Å². The largest absolute Gasteiger partial charge is 0.459 e. The lowest BCUT2D eigenvalue weighted by molar-refractivity contribution is -0.137. The first-order valence-corrected chi connectivity index (χ1v) is 7.90. The number of primary amides is 1. The fraction of sp³-hybridized carbons (Fsp3) is 0.105. The number of dihydropyridines is 1. The third-order valence-corrected chi connectivity index (χ3v) is 4.03. The molecular weight excluding hydrogens is 383 g/mol. The summed E-state index contributed by atoms with van der Waals surface area (Å²) < 4.78 is 72.6. The minimum Gasteiger partial charge on any atom is -0.459 e. The molecule has 0 radical (unpaired) electrons. The van der Waals surface area contributed by atoms with Gasteiger partial charge in [-0.1, -0.05) is 6.07 Å². The molecule has 0 aromatic heterocycles. The number of amides is 1. The van der Waals surface area contributed by atoms with Crippen molar-refractivity contribution in [2.24, 2.45) is 5.73 Å². The van der Waals surface area contributed by atoms with Gasteiger partial charge in [0.2, 0.25) is 5.72 Å². The molecule has 1 atom stereocenters. The summed E-state index contributed by atoms with van der Waals surface area (Å²) in [5, 5.41) is 2.63. The number of allylic oxidation sites excluding steroid dienone is 2. The highest BCUT2D eigenvalue weighted by Crippen LogP contribution is 2.38. The molecule has 2 aromatic carbocycles. The predicted octanol–water partition coefficient (Wildman–Crippen LogP) is 3.74. The lowest BCUT2D eigenvalue weighted by Gasteiger charge is -2.37. The molecule has 0 saturated carbocycles. The van der Waals surface area contributed by atoms with Crippen molar-refractivity contribution in [3.8, 4) is 5.75 Å². The van der Waals surface area contributed by atoms with Crippen LogP contribution in [0.15, 0.2) is 66.4 Å². The molecule has 1 heterocycles. The number of nitrogens with two attached hydrogens (primary N) is 1. The molecular formula is C19H13F5N2O2. The van der Waals surface area contributed by atoms with Crippen LogP contribution in [-0.4, -0.2) is 5.91 Å². The number of benzene rings is 2. The van der Waals surface area contributed by atoms with Gasteiger partial charge < -0.3 is 15.8 Å². The molecule has 146 valence electrons. The average molecular weight is 396 g/mol. The fourth-order valence-electron chi connectivity index (χ4n) is 2.81. The second kappa shape index (κ2) is 6.99. The topological polar surface area (TPSA) is 64.4 Å². The maximum Gasteiger partial charge on any atom is 0.416 e. The first-order valence-electron chi connectivity index (χ1n) is 7.90. The van der Waals surface area contributed by atoms with Gasteiger partial charge in [-0.05, 0) is 42.5 Å². The summed E-state index contributed by atoms with van der Waals surface area (Å²) in [6.07, 6.45) is -0.733. The molecule has 0 saturated heterocycles. The molecule has 28 heavy (non-hydrogen) atoms. The normalized spacial score (nSPS) is 19.0. The highest BCUT2D eigenvalue weighted by molar-refractivity contribution is 5.95. The maximum absolute atomic E-state index is 14.5. The smallest absolute Gasteiger partial charge is 0.416 e. The highest BCUT2D eigenvalue weighted by atomic mass is 19.4. The Morgan fingerprint density at radius 2 is 1.86 bits per heavy atom. The van der Waals surface area contributed by atoms with E-state index in [1.807, 2.05) is 0 Å². The zero-order valence-electron chi connectivity index (χ0n) is 14.1. The van der Waals surface area contributed by atoms with E-state index in [-0.39, 0.29) is 16.9 Å². The Balaban J connectivity index is 2.17. The Morgan fingerprint density at radius 1 is 1.11 bits per heavy atom. The third kappa shape index (κ3) is 3.55. The van der Waals surface area contributed by atoms with Crippen molar-refractivity contribution < 1.29 is 31.5 Å². The van der Waals surface area contributed by atoms with Crippen molar-refractivity contribution in [2.75, 3.05) is 0 Å². The Bertz CT molecular complexity index is 985. The van der Waals surface area contributed by atoms with Crippen molar-refractivity contribution in [2.45, 2.75) is 11.9 Å². The quantitative estimate of drug-likeness (QED) is 0.774.